The number of nitrogens with zero attached hydrogens (tertiary/aromatic N) is 1. The lowest BCUT2D eigenvalue weighted by Crippen LogP contribution is -2.36. The fourth-order valence-electron chi connectivity index (χ4n) is 2.19. The van der Waals surface area contributed by atoms with Crippen LogP contribution in [0.2, 0.25) is 0 Å². The van der Waals surface area contributed by atoms with E-state index in [9.17, 15) is 37.1 Å². The van der Waals surface area contributed by atoms with E-state index in [1.54, 1.807) is 0 Å². The zero-order valence-corrected chi connectivity index (χ0v) is 13.0. The minimum absolute atomic E-state index is 0.216. The summed E-state index contributed by atoms with van der Waals surface area (Å²) >= 11 is 0. The van der Waals surface area contributed by atoms with E-state index in [-0.39, 0.29) is 6.42 Å². The Morgan fingerprint density at radius 1 is 1.15 bits per heavy atom. The molecule has 26 heavy (non-hydrogen) atoms. The van der Waals surface area contributed by atoms with E-state index in [1.165, 1.54) is 17.4 Å². The number of aromatic nitrogens is 1. The van der Waals surface area contributed by atoms with Crippen LogP contribution in [-0.2, 0) is 16.0 Å². The van der Waals surface area contributed by atoms with E-state index in [0.717, 1.165) is 30.5 Å². The highest BCUT2D eigenvalue weighted by molar-refractivity contribution is 5.94. The molecule has 1 atom stereocenters. The molecule has 138 valence electrons. The van der Waals surface area contributed by atoms with Gasteiger partial charge in [0.2, 0.25) is 0 Å². The zero-order valence-electron chi connectivity index (χ0n) is 13.0. The van der Waals surface area contributed by atoms with Crippen molar-refractivity contribution in [2.24, 2.45) is 0 Å². The van der Waals surface area contributed by atoms with E-state index < -0.39 is 41.2 Å². The van der Waals surface area contributed by atoms with Crippen molar-refractivity contribution >= 4 is 17.6 Å². The van der Waals surface area contributed by atoms with Crippen molar-refractivity contribution in [3.8, 4) is 0 Å². The minimum Gasteiger partial charge on any atom is -0.480 e. The van der Waals surface area contributed by atoms with Crippen molar-refractivity contribution in [1.29, 1.82) is 0 Å². The molecule has 0 unspecified atom stereocenters. The molecule has 1 heterocycles. The minimum atomic E-state index is -5.20. The van der Waals surface area contributed by atoms with Gasteiger partial charge < -0.3 is 10.4 Å². The van der Waals surface area contributed by atoms with Gasteiger partial charge in [-0.25, -0.2) is 9.18 Å². The maximum absolute atomic E-state index is 12.9. The number of nitrogens with one attached hydrogen (secondary N) is 1. The standard InChI is InChI=1S/C16H12F4N2O4/c17-10-5-3-9(4-6-10)8-12(14(24)25)22-7-1-2-11(13(22)23)21-15(26)16(18,19)20/h1-7,12H,8H2,(H,21,26)(H,24,25)/t12-/m0/s1. The number of alkyl halides is 3. The van der Waals surface area contributed by atoms with E-state index in [0.29, 0.717) is 10.1 Å². The molecule has 2 aromatic rings. The molecular formula is C16H12F4N2O4. The Morgan fingerprint density at radius 2 is 1.77 bits per heavy atom. The van der Waals surface area contributed by atoms with Crippen LogP contribution in [0.4, 0.5) is 23.2 Å². The molecule has 1 amide bonds. The van der Waals surface area contributed by atoms with Crippen LogP contribution in [0.3, 0.4) is 0 Å². The first-order chi connectivity index (χ1) is 12.1. The Kier molecular flexibility index (Phi) is 5.44. The van der Waals surface area contributed by atoms with Gasteiger partial charge in [-0.3, -0.25) is 14.2 Å². The third kappa shape index (κ3) is 4.47. The second-order valence-corrected chi connectivity index (χ2v) is 5.27. The highest BCUT2D eigenvalue weighted by atomic mass is 19.4. The van der Waals surface area contributed by atoms with E-state index in [1.807, 2.05) is 0 Å². The lowest BCUT2D eigenvalue weighted by atomic mass is 10.1. The number of pyridine rings is 1. The number of carbonyl (C=O) groups is 2. The molecule has 10 heteroatoms. The predicted molar refractivity (Wildman–Crippen MR) is 82.2 cm³/mol. The van der Waals surface area contributed by atoms with Crippen LogP contribution in [0.15, 0.2) is 47.4 Å². The van der Waals surface area contributed by atoms with Crippen LogP contribution in [-0.4, -0.2) is 27.7 Å². The van der Waals surface area contributed by atoms with Gasteiger partial charge in [0.15, 0.2) is 0 Å². The van der Waals surface area contributed by atoms with Crippen LogP contribution >= 0.6 is 0 Å². The van der Waals surface area contributed by atoms with Gasteiger partial charge in [0.05, 0.1) is 0 Å². The van der Waals surface area contributed by atoms with Gasteiger partial charge in [0, 0.05) is 12.6 Å². The number of carboxylic acids is 1. The lowest BCUT2D eigenvalue weighted by molar-refractivity contribution is -0.167. The number of benzene rings is 1. The highest BCUT2D eigenvalue weighted by Gasteiger charge is 2.39. The van der Waals surface area contributed by atoms with Crippen LogP contribution < -0.4 is 10.9 Å². The van der Waals surface area contributed by atoms with Gasteiger partial charge in [0.1, 0.15) is 17.5 Å². The van der Waals surface area contributed by atoms with Crippen molar-refractivity contribution in [2.45, 2.75) is 18.6 Å². The molecule has 0 spiro atoms. The third-order valence-electron chi connectivity index (χ3n) is 3.44. The molecule has 0 aliphatic carbocycles. The Morgan fingerprint density at radius 3 is 2.31 bits per heavy atom. The molecule has 1 aromatic heterocycles. The van der Waals surface area contributed by atoms with Gasteiger partial charge >= 0.3 is 18.1 Å². The van der Waals surface area contributed by atoms with Gasteiger partial charge in [0.25, 0.3) is 5.56 Å². The molecule has 0 aliphatic rings. The first-order valence-electron chi connectivity index (χ1n) is 7.16. The molecule has 0 bridgehead atoms. The maximum Gasteiger partial charge on any atom is 0.471 e. The summed E-state index contributed by atoms with van der Waals surface area (Å²) in [6.45, 7) is 0. The summed E-state index contributed by atoms with van der Waals surface area (Å²) in [7, 11) is 0. The first kappa shape index (κ1) is 19.2. The van der Waals surface area contributed by atoms with Gasteiger partial charge in [-0.1, -0.05) is 12.1 Å². The smallest absolute Gasteiger partial charge is 0.471 e. The molecular weight excluding hydrogens is 360 g/mol. The molecule has 0 saturated carbocycles. The van der Waals surface area contributed by atoms with Crippen molar-refractivity contribution < 1.29 is 32.3 Å². The molecule has 0 aliphatic heterocycles. The number of anilines is 1. The Labute approximate surface area is 143 Å². The largest absolute Gasteiger partial charge is 0.480 e. The molecule has 1 aromatic carbocycles. The van der Waals surface area contributed by atoms with Crippen LogP contribution in [0.5, 0.6) is 0 Å². The van der Waals surface area contributed by atoms with Gasteiger partial charge in [-0.2, -0.15) is 13.2 Å². The monoisotopic (exact) mass is 372 g/mol. The third-order valence-corrected chi connectivity index (χ3v) is 3.44. The number of hydrogen-bond acceptors (Lipinski definition) is 3. The average molecular weight is 372 g/mol. The highest BCUT2D eigenvalue weighted by Crippen LogP contribution is 2.18. The number of carbonyl (C=O) groups excluding carboxylic acids is 1. The fraction of sp³-hybridized carbons (Fsp3) is 0.188. The second-order valence-electron chi connectivity index (χ2n) is 5.27. The van der Waals surface area contributed by atoms with Crippen LogP contribution in [0.25, 0.3) is 0 Å². The molecule has 0 fully saturated rings. The summed E-state index contributed by atoms with van der Waals surface area (Å²) in [5, 5.41) is 10.8. The van der Waals surface area contributed by atoms with Crippen LogP contribution in [0.1, 0.15) is 11.6 Å². The average Bonchev–Trinajstić information content (AvgIpc) is 2.55. The Balaban J connectivity index is 2.36. The lowest BCUT2D eigenvalue weighted by Gasteiger charge is -2.17. The fourth-order valence-corrected chi connectivity index (χ4v) is 2.19. The van der Waals surface area contributed by atoms with Crippen molar-refractivity contribution in [1.82, 2.24) is 4.57 Å². The van der Waals surface area contributed by atoms with E-state index >= 15 is 0 Å². The summed E-state index contributed by atoms with van der Waals surface area (Å²) in [4.78, 5) is 34.8. The molecule has 6 nitrogen and oxygen atoms in total. The van der Waals surface area contributed by atoms with Crippen molar-refractivity contribution in [3.63, 3.8) is 0 Å². The number of rotatable bonds is 5. The molecule has 2 rings (SSSR count). The number of hydrogen-bond donors (Lipinski definition) is 2. The quantitative estimate of drug-likeness (QED) is 0.789. The molecule has 2 N–H and O–H groups in total. The summed E-state index contributed by atoms with van der Waals surface area (Å²) in [5.41, 5.74) is -1.42. The summed E-state index contributed by atoms with van der Waals surface area (Å²) in [6, 6.07) is 5.47. The van der Waals surface area contributed by atoms with Crippen molar-refractivity contribution in [3.05, 3.63) is 64.3 Å². The number of carboxylic acid groups (broad SMARTS) is 1. The molecule has 0 saturated heterocycles. The van der Waals surface area contributed by atoms with Gasteiger partial charge in [-0.15, -0.1) is 0 Å². The maximum atomic E-state index is 12.9. The number of halogens is 4. The second kappa shape index (κ2) is 7.38. The predicted octanol–water partition coefficient (Wildman–Crippen LogP) is 2.36. The summed E-state index contributed by atoms with van der Waals surface area (Å²) < 4.78 is 50.6. The normalized spacial score (nSPS) is 12.5. The molecule has 0 radical (unpaired) electrons. The first-order valence-corrected chi connectivity index (χ1v) is 7.16. The summed E-state index contributed by atoms with van der Waals surface area (Å²) in [6.07, 6.45) is -4.34. The van der Waals surface area contributed by atoms with Gasteiger partial charge in [-0.05, 0) is 29.8 Å². The zero-order chi connectivity index (χ0) is 19.5. The van der Waals surface area contributed by atoms with E-state index in [4.69, 9.17) is 0 Å². The Hall–Kier alpha value is -3.17. The number of amides is 1. The SMILES string of the molecule is O=C(O)[C@H](Cc1ccc(F)cc1)n1cccc(NC(=O)C(F)(F)F)c1=O. The topological polar surface area (TPSA) is 88.4 Å². The van der Waals surface area contributed by atoms with Crippen LogP contribution in [0, 0.1) is 5.82 Å². The van der Waals surface area contributed by atoms with E-state index in [2.05, 4.69) is 0 Å². The summed E-state index contributed by atoms with van der Waals surface area (Å²) in [5.74, 6) is -4.30. The Bertz CT molecular complexity index is 875. The van der Waals surface area contributed by atoms with Crippen molar-refractivity contribution in [2.75, 3.05) is 5.32 Å². The number of aliphatic carboxylic acids is 1.